The van der Waals surface area contributed by atoms with E-state index in [2.05, 4.69) is 10.3 Å². The van der Waals surface area contributed by atoms with Gasteiger partial charge in [-0.1, -0.05) is 91.0 Å². The third-order valence-electron chi connectivity index (χ3n) is 5.45. The van der Waals surface area contributed by atoms with Gasteiger partial charge < -0.3 is 10.1 Å². The molecule has 1 atom stereocenters. The topological polar surface area (TPSA) is 67.8 Å². The molecule has 0 heterocycles. The Kier molecular flexibility index (Phi) is 6.90. The molecule has 0 spiro atoms. The summed E-state index contributed by atoms with van der Waals surface area (Å²) >= 11 is 0. The summed E-state index contributed by atoms with van der Waals surface area (Å²) in [4.78, 5) is 29.4. The Hall–Kier alpha value is -4.25. The number of fused-ring (bicyclic) bond motifs is 1. The molecule has 0 saturated carbocycles. The fourth-order valence-electron chi connectivity index (χ4n) is 3.83. The molecule has 0 saturated heterocycles. The first-order chi connectivity index (χ1) is 16.2. The predicted molar refractivity (Wildman–Crippen MR) is 131 cm³/mol. The molecule has 0 aromatic heterocycles. The van der Waals surface area contributed by atoms with Crippen LogP contribution in [0.3, 0.4) is 0 Å². The van der Waals surface area contributed by atoms with Gasteiger partial charge in [-0.3, -0.25) is 4.79 Å². The van der Waals surface area contributed by atoms with Crippen LogP contribution in [0.5, 0.6) is 0 Å². The lowest BCUT2D eigenvalue weighted by molar-refractivity contribution is 0.0938. The zero-order valence-corrected chi connectivity index (χ0v) is 18.3. The quantitative estimate of drug-likeness (QED) is 0.379. The van der Waals surface area contributed by atoms with Gasteiger partial charge in [0.1, 0.15) is 0 Å². The molecule has 1 N–H and O–H groups in total. The lowest BCUT2D eigenvalue weighted by Crippen LogP contribution is -2.30. The highest BCUT2D eigenvalue weighted by molar-refractivity contribution is 6.06. The molecular weight excluding hydrogens is 412 g/mol. The molecule has 164 valence electrons. The van der Waals surface area contributed by atoms with Crippen LogP contribution in [0.25, 0.3) is 10.8 Å². The summed E-state index contributed by atoms with van der Waals surface area (Å²) in [6.45, 7) is 0. The molecule has 0 radical (unpaired) electrons. The van der Waals surface area contributed by atoms with E-state index in [-0.39, 0.29) is 5.91 Å². The minimum atomic E-state index is -0.681. The van der Waals surface area contributed by atoms with Gasteiger partial charge in [-0.15, -0.1) is 0 Å². The zero-order chi connectivity index (χ0) is 23.0. The molecule has 5 nitrogen and oxygen atoms in total. The summed E-state index contributed by atoms with van der Waals surface area (Å²) in [5.74, 6) is -0.195. The van der Waals surface area contributed by atoms with Gasteiger partial charge in [-0.2, -0.15) is 4.99 Å². The van der Waals surface area contributed by atoms with Crippen LogP contribution in [-0.2, 0) is 4.74 Å². The van der Waals surface area contributed by atoms with Crippen LogP contribution in [0.2, 0.25) is 0 Å². The van der Waals surface area contributed by atoms with Gasteiger partial charge in [0, 0.05) is 12.0 Å². The van der Waals surface area contributed by atoms with E-state index in [1.165, 1.54) is 7.11 Å². The first kappa shape index (κ1) is 22.0. The molecule has 33 heavy (non-hydrogen) atoms. The van der Waals surface area contributed by atoms with Gasteiger partial charge in [0.15, 0.2) is 0 Å². The van der Waals surface area contributed by atoms with E-state index in [4.69, 9.17) is 4.74 Å². The number of hydrogen-bond donors (Lipinski definition) is 1. The molecule has 4 rings (SSSR count). The fraction of sp³-hybridized carbons (Fsp3) is 0.107. The Balaban J connectivity index is 1.78. The number of ether oxygens (including phenoxy) is 1. The lowest BCUT2D eigenvalue weighted by Gasteiger charge is -2.22. The van der Waals surface area contributed by atoms with Crippen molar-refractivity contribution >= 4 is 28.5 Å². The van der Waals surface area contributed by atoms with E-state index in [1.54, 1.807) is 12.1 Å². The number of amides is 2. The van der Waals surface area contributed by atoms with Crippen molar-refractivity contribution in [3.05, 3.63) is 120 Å². The Bertz CT molecular complexity index is 1280. The Morgan fingerprint density at radius 1 is 0.788 bits per heavy atom. The number of nitrogens with one attached hydrogen (secondary N) is 1. The lowest BCUT2D eigenvalue weighted by atomic mass is 9.93. The van der Waals surface area contributed by atoms with Crippen LogP contribution >= 0.6 is 0 Å². The number of hydrogen-bond acceptors (Lipinski definition) is 3. The predicted octanol–water partition coefficient (Wildman–Crippen LogP) is 5.96. The van der Waals surface area contributed by atoms with E-state index in [1.807, 2.05) is 91.0 Å². The molecular formula is C28H24N2O3. The summed E-state index contributed by atoms with van der Waals surface area (Å²) in [5.41, 5.74) is 2.84. The van der Waals surface area contributed by atoms with E-state index in [9.17, 15) is 9.59 Å². The van der Waals surface area contributed by atoms with Crippen molar-refractivity contribution in [2.45, 2.75) is 12.5 Å². The smallest absolute Gasteiger partial charge is 0.433 e. The second kappa shape index (κ2) is 10.4. The van der Waals surface area contributed by atoms with Gasteiger partial charge in [0.25, 0.3) is 5.91 Å². The highest BCUT2D eigenvalue weighted by Crippen LogP contribution is 2.28. The van der Waals surface area contributed by atoms with Crippen LogP contribution < -0.4 is 5.32 Å². The van der Waals surface area contributed by atoms with Gasteiger partial charge in [0.2, 0.25) is 0 Å². The summed E-state index contributed by atoms with van der Waals surface area (Å²) in [7, 11) is 1.30. The van der Waals surface area contributed by atoms with E-state index < -0.39 is 12.1 Å². The summed E-state index contributed by atoms with van der Waals surface area (Å²) in [6.07, 6.45) is -0.369. The SMILES string of the molecule is COC(=O)/N=C(/C[C@H](NC(=O)c1ccccc1)c1cccc2ccccc12)c1ccccc1. The summed E-state index contributed by atoms with van der Waals surface area (Å²) in [5, 5.41) is 5.26. The normalized spacial score (nSPS) is 12.2. The summed E-state index contributed by atoms with van der Waals surface area (Å²) in [6, 6.07) is 32.1. The molecule has 4 aromatic carbocycles. The average Bonchev–Trinajstić information content (AvgIpc) is 2.88. The van der Waals surface area contributed by atoms with Crippen LogP contribution in [0, 0.1) is 0 Å². The molecule has 0 aliphatic rings. The molecule has 0 aliphatic carbocycles. The Morgan fingerprint density at radius 2 is 1.39 bits per heavy atom. The zero-order valence-electron chi connectivity index (χ0n) is 18.3. The van der Waals surface area contributed by atoms with Crippen molar-refractivity contribution in [2.75, 3.05) is 7.11 Å². The molecule has 0 unspecified atom stereocenters. The van der Waals surface area contributed by atoms with Gasteiger partial charge >= 0.3 is 6.09 Å². The molecule has 2 amide bonds. The highest BCUT2D eigenvalue weighted by Gasteiger charge is 2.22. The van der Waals surface area contributed by atoms with Gasteiger partial charge in [-0.05, 0) is 34.0 Å². The fourth-order valence-corrected chi connectivity index (χ4v) is 3.83. The van der Waals surface area contributed by atoms with Crippen LogP contribution in [0.1, 0.15) is 33.9 Å². The second-order valence-electron chi connectivity index (χ2n) is 7.56. The number of rotatable bonds is 6. The molecule has 0 fully saturated rings. The number of carbonyl (C=O) groups is 2. The average molecular weight is 437 g/mol. The van der Waals surface area contributed by atoms with Crippen molar-refractivity contribution in [2.24, 2.45) is 4.99 Å². The number of methoxy groups -OCH3 is 1. The van der Waals surface area contributed by atoms with Crippen LogP contribution in [-0.4, -0.2) is 24.8 Å². The third kappa shape index (κ3) is 5.33. The van der Waals surface area contributed by atoms with Crippen molar-refractivity contribution in [3.63, 3.8) is 0 Å². The second-order valence-corrected chi connectivity index (χ2v) is 7.56. The number of carbonyl (C=O) groups excluding carboxylic acids is 2. The Labute approximate surface area is 192 Å². The molecule has 5 heteroatoms. The number of aliphatic imine (C=N–C) groups is 1. The standard InChI is InChI=1S/C28H24N2O3/c1-33-28(32)30-25(21-12-4-2-5-13-21)19-26(29-27(31)22-14-6-3-7-15-22)24-18-10-16-20-11-8-9-17-23(20)24/h2-18,26H,19H2,1H3,(H,29,31)/b30-25-/t26-/m0/s1. The molecule has 4 aromatic rings. The maximum atomic E-state index is 13.1. The first-order valence-electron chi connectivity index (χ1n) is 10.7. The van der Waals surface area contributed by atoms with Gasteiger partial charge in [0.05, 0.1) is 18.9 Å². The Morgan fingerprint density at radius 3 is 2.09 bits per heavy atom. The third-order valence-corrected chi connectivity index (χ3v) is 5.45. The van der Waals surface area contributed by atoms with Gasteiger partial charge in [-0.25, -0.2) is 4.79 Å². The molecule has 0 aliphatic heterocycles. The van der Waals surface area contributed by atoms with E-state index in [0.717, 1.165) is 21.9 Å². The minimum absolute atomic E-state index is 0.195. The number of benzene rings is 4. The summed E-state index contributed by atoms with van der Waals surface area (Å²) < 4.78 is 4.80. The molecule has 0 bridgehead atoms. The number of nitrogens with zero attached hydrogens (tertiary/aromatic N) is 1. The van der Waals surface area contributed by atoms with Crippen LogP contribution in [0.4, 0.5) is 4.79 Å². The van der Waals surface area contributed by atoms with Crippen LogP contribution in [0.15, 0.2) is 108 Å². The van der Waals surface area contributed by atoms with Crippen molar-refractivity contribution in [1.29, 1.82) is 0 Å². The van der Waals surface area contributed by atoms with Crippen molar-refractivity contribution in [3.8, 4) is 0 Å². The maximum absolute atomic E-state index is 13.1. The largest absolute Gasteiger partial charge is 0.451 e. The highest BCUT2D eigenvalue weighted by atomic mass is 16.5. The van der Waals surface area contributed by atoms with E-state index in [0.29, 0.717) is 17.7 Å². The van der Waals surface area contributed by atoms with Crippen molar-refractivity contribution in [1.82, 2.24) is 5.32 Å². The van der Waals surface area contributed by atoms with Crippen molar-refractivity contribution < 1.29 is 14.3 Å². The first-order valence-corrected chi connectivity index (χ1v) is 10.7. The monoisotopic (exact) mass is 436 g/mol. The maximum Gasteiger partial charge on any atom is 0.433 e. The van der Waals surface area contributed by atoms with E-state index >= 15 is 0 Å². The minimum Gasteiger partial charge on any atom is -0.451 e.